The maximum atomic E-state index is 13.4. The van der Waals surface area contributed by atoms with Gasteiger partial charge in [-0.25, -0.2) is 14.2 Å². The molecular formula is C13H11FN2O2. The zero-order chi connectivity index (χ0) is 12.7. The second-order valence-corrected chi connectivity index (χ2v) is 4.48. The Balaban J connectivity index is 2.01. The van der Waals surface area contributed by atoms with E-state index in [1.54, 1.807) is 10.9 Å². The number of carboxylic acids is 1. The summed E-state index contributed by atoms with van der Waals surface area (Å²) in [6, 6.07) is 3.74. The zero-order valence-corrected chi connectivity index (χ0v) is 9.51. The average Bonchev–Trinajstić information content (AvgIpc) is 3.06. The molecule has 4 nitrogen and oxygen atoms in total. The SMILES string of the molecule is O=C(O)c1cc(F)cc(-n2cnc(C3CC3)c2)c1. The smallest absolute Gasteiger partial charge is 0.335 e. The van der Waals surface area contributed by atoms with Crippen molar-refractivity contribution in [3.8, 4) is 5.69 Å². The molecule has 92 valence electrons. The third-order valence-corrected chi connectivity index (χ3v) is 3.03. The van der Waals surface area contributed by atoms with E-state index in [1.807, 2.05) is 6.20 Å². The van der Waals surface area contributed by atoms with Crippen molar-refractivity contribution in [3.63, 3.8) is 0 Å². The van der Waals surface area contributed by atoms with Crippen molar-refractivity contribution in [1.29, 1.82) is 0 Å². The fourth-order valence-corrected chi connectivity index (χ4v) is 1.92. The standard InChI is InChI=1S/C13H11FN2O2/c14-10-3-9(13(17)18)4-11(5-10)16-6-12(15-7-16)8-1-2-8/h3-8H,1-2H2,(H,17,18). The highest BCUT2D eigenvalue weighted by Gasteiger charge is 2.25. The molecule has 1 saturated carbocycles. The molecule has 0 bridgehead atoms. The lowest BCUT2D eigenvalue weighted by Crippen LogP contribution is -2.00. The van der Waals surface area contributed by atoms with Crippen LogP contribution in [0.2, 0.25) is 0 Å². The van der Waals surface area contributed by atoms with Crippen molar-refractivity contribution < 1.29 is 14.3 Å². The number of hydrogen-bond donors (Lipinski definition) is 1. The van der Waals surface area contributed by atoms with E-state index in [2.05, 4.69) is 4.98 Å². The summed E-state index contributed by atoms with van der Waals surface area (Å²) < 4.78 is 15.0. The fraction of sp³-hybridized carbons (Fsp3) is 0.231. The number of aromatic nitrogens is 2. The monoisotopic (exact) mass is 246 g/mol. The molecule has 0 spiro atoms. The van der Waals surface area contributed by atoms with Gasteiger partial charge in [-0.15, -0.1) is 0 Å². The van der Waals surface area contributed by atoms with Crippen LogP contribution in [0.3, 0.4) is 0 Å². The highest BCUT2D eigenvalue weighted by atomic mass is 19.1. The maximum absolute atomic E-state index is 13.4. The molecule has 1 aromatic carbocycles. The van der Waals surface area contributed by atoms with Gasteiger partial charge in [-0.1, -0.05) is 0 Å². The number of carboxylic acid groups (broad SMARTS) is 1. The van der Waals surface area contributed by atoms with E-state index in [-0.39, 0.29) is 5.56 Å². The normalized spacial score (nSPS) is 14.7. The minimum atomic E-state index is -1.14. The van der Waals surface area contributed by atoms with E-state index in [9.17, 15) is 9.18 Å². The Morgan fingerprint density at radius 2 is 2.17 bits per heavy atom. The number of halogens is 1. The van der Waals surface area contributed by atoms with E-state index < -0.39 is 11.8 Å². The summed E-state index contributed by atoms with van der Waals surface area (Å²) in [7, 11) is 0. The molecule has 0 saturated heterocycles. The number of hydrogen-bond acceptors (Lipinski definition) is 2. The lowest BCUT2D eigenvalue weighted by atomic mass is 10.2. The van der Waals surface area contributed by atoms with Gasteiger partial charge in [0.05, 0.1) is 23.3 Å². The molecule has 5 heteroatoms. The predicted octanol–water partition coefficient (Wildman–Crippen LogP) is 2.59. The highest BCUT2D eigenvalue weighted by molar-refractivity contribution is 5.88. The largest absolute Gasteiger partial charge is 0.478 e. The zero-order valence-electron chi connectivity index (χ0n) is 9.51. The van der Waals surface area contributed by atoms with Gasteiger partial charge in [0, 0.05) is 12.1 Å². The van der Waals surface area contributed by atoms with Gasteiger partial charge in [0.15, 0.2) is 0 Å². The summed E-state index contributed by atoms with van der Waals surface area (Å²) in [5, 5.41) is 8.89. The molecule has 0 aliphatic heterocycles. The predicted molar refractivity (Wildman–Crippen MR) is 62.5 cm³/mol. The number of nitrogens with zero attached hydrogens (tertiary/aromatic N) is 2. The topological polar surface area (TPSA) is 55.1 Å². The van der Waals surface area contributed by atoms with Crippen molar-refractivity contribution >= 4 is 5.97 Å². The first-order valence-electron chi connectivity index (χ1n) is 5.71. The molecule has 1 N–H and O–H groups in total. The molecule has 0 atom stereocenters. The van der Waals surface area contributed by atoms with E-state index in [0.717, 1.165) is 24.6 Å². The Morgan fingerprint density at radius 3 is 2.83 bits per heavy atom. The van der Waals surface area contributed by atoms with Crippen LogP contribution in [0.1, 0.15) is 34.8 Å². The lowest BCUT2D eigenvalue weighted by molar-refractivity contribution is 0.0696. The van der Waals surface area contributed by atoms with Gasteiger partial charge in [0.25, 0.3) is 0 Å². The molecular weight excluding hydrogens is 235 g/mol. The summed E-state index contributed by atoms with van der Waals surface area (Å²) in [4.78, 5) is 15.1. The van der Waals surface area contributed by atoms with Crippen LogP contribution in [0, 0.1) is 5.82 Å². The van der Waals surface area contributed by atoms with Gasteiger partial charge in [0.2, 0.25) is 0 Å². The molecule has 1 aliphatic rings. The number of rotatable bonds is 3. The fourth-order valence-electron chi connectivity index (χ4n) is 1.92. The molecule has 3 rings (SSSR count). The molecule has 18 heavy (non-hydrogen) atoms. The molecule has 1 fully saturated rings. The first-order chi connectivity index (χ1) is 8.63. The Kier molecular flexibility index (Phi) is 2.40. The minimum Gasteiger partial charge on any atom is -0.478 e. The number of imidazole rings is 1. The Hall–Kier alpha value is -2.17. The third-order valence-electron chi connectivity index (χ3n) is 3.03. The van der Waals surface area contributed by atoms with Gasteiger partial charge in [0.1, 0.15) is 5.82 Å². The third kappa shape index (κ3) is 1.99. The summed E-state index contributed by atoms with van der Waals surface area (Å²) in [5.74, 6) is -1.19. The molecule has 0 radical (unpaired) electrons. The van der Waals surface area contributed by atoms with Gasteiger partial charge in [-0.3, -0.25) is 0 Å². The molecule has 1 aliphatic carbocycles. The minimum absolute atomic E-state index is 0.0633. The summed E-state index contributed by atoms with van der Waals surface area (Å²) in [6.07, 6.45) is 5.70. The Labute approximate surface area is 103 Å². The number of carbonyl (C=O) groups is 1. The summed E-state index contributed by atoms with van der Waals surface area (Å²) in [5.41, 5.74) is 1.40. The van der Waals surface area contributed by atoms with E-state index in [0.29, 0.717) is 11.6 Å². The van der Waals surface area contributed by atoms with Gasteiger partial charge < -0.3 is 9.67 Å². The van der Waals surface area contributed by atoms with Gasteiger partial charge >= 0.3 is 5.97 Å². The van der Waals surface area contributed by atoms with Crippen LogP contribution in [0.5, 0.6) is 0 Å². The van der Waals surface area contributed by atoms with Crippen molar-refractivity contribution in [2.75, 3.05) is 0 Å². The van der Waals surface area contributed by atoms with Crippen LogP contribution in [-0.2, 0) is 0 Å². The highest BCUT2D eigenvalue weighted by Crippen LogP contribution is 2.39. The first kappa shape index (κ1) is 11.0. The van der Waals surface area contributed by atoms with Crippen LogP contribution >= 0.6 is 0 Å². The Bertz CT molecular complexity index is 617. The summed E-state index contributed by atoms with van der Waals surface area (Å²) >= 11 is 0. The number of benzene rings is 1. The van der Waals surface area contributed by atoms with Crippen LogP contribution in [-0.4, -0.2) is 20.6 Å². The first-order valence-corrected chi connectivity index (χ1v) is 5.71. The molecule has 0 amide bonds. The van der Waals surface area contributed by atoms with Crippen LogP contribution < -0.4 is 0 Å². The molecule has 1 aromatic heterocycles. The Morgan fingerprint density at radius 1 is 1.39 bits per heavy atom. The maximum Gasteiger partial charge on any atom is 0.335 e. The quantitative estimate of drug-likeness (QED) is 0.905. The summed E-state index contributed by atoms with van der Waals surface area (Å²) in [6.45, 7) is 0. The number of aromatic carboxylic acids is 1. The van der Waals surface area contributed by atoms with Gasteiger partial charge in [-0.2, -0.15) is 0 Å². The van der Waals surface area contributed by atoms with Crippen LogP contribution in [0.15, 0.2) is 30.7 Å². The van der Waals surface area contributed by atoms with E-state index in [1.165, 1.54) is 12.1 Å². The van der Waals surface area contributed by atoms with E-state index in [4.69, 9.17) is 5.11 Å². The van der Waals surface area contributed by atoms with Gasteiger partial charge in [-0.05, 0) is 31.0 Å². The molecule has 1 heterocycles. The second-order valence-electron chi connectivity index (χ2n) is 4.48. The molecule has 0 unspecified atom stereocenters. The average molecular weight is 246 g/mol. The van der Waals surface area contributed by atoms with Crippen molar-refractivity contribution in [2.45, 2.75) is 18.8 Å². The van der Waals surface area contributed by atoms with Crippen LogP contribution in [0.25, 0.3) is 5.69 Å². The molecule has 2 aromatic rings. The second kappa shape index (κ2) is 3.94. The van der Waals surface area contributed by atoms with Crippen molar-refractivity contribution in [2.24, 2.45) is 0 Å². The van der Waals surface area contributed by atoms with Crippen molar-refractivity contribution in [1.82, 2.24) is 9.55 Å². The van der Waals surface area contributed by atoms with Crippen molar-refractivity contribution in [3.05, 3.63) is 47.8 Å². The lowest BCUT2D eigenvalue weighted by Gasteiger charge is -2.04. The van der Waals surface area contributed by atoms with E-state index >= 15 is 0 Å². The van der Waals surface area contributed by atoms with Crippen LogP contribution in [0.4, 0.5) is 4.39 Å².